The van der Waals surface area contributed by atoms with E-state index in [1.54, 1.807) is 0 Å². The van der Waals surface area contributed by atoms with Crippen LogP contribution in [0, 0.1) is 6.92 Å². The Bertz CT molecular complexity index is 347. The summed E-state index contributed by atoms with van der Waals surface area (Å²) in [7, 11) is 0. The molecule has 1 aliphatic carbocycles. The summed E-state index contributed by atoms with van der Waals surface area (Å²) in [6.07, 6.45) is 6.63. The second-order valence-electron chi connectivity index (χ2n) is 3.82. The molecule has 1 aromatic rings. The van der Waals surface area contributed by atoms with Crippen molar-refractivity contribution in [2.24, 2.45) is 0 Å². The average Bonchev–Trinajstić information content (AvgIpc) is 2.66. The van der Waals surface area contributed by atoms with Gasteiger partial charge < -0.3 is 11.1 Å². The molecule has 2 heteroatoms. The Morgan fingerprint density at radius 1 is 1.29 bits per heavy atom. The van der Waals surface area contributed by atoms with Gasteiger partial charge in [-0.2, -0.15) is 0 Å². The molecule has 0 heterocycles. The van der Waals surface area contributed by atoms with E-state index >= 15 is 0 Å². The SMILES string of the molecule is Cc1cccc(NC2CC=CC2)c1N. The third kappa shape index (κ3) is 1.74. The van der Waals surface area contributed by atoms with Gasteiger partial charge in [0.05, 0.1) is 11.4 Å². The molecule has 0 aliphatic heterocycles. The summed E-state index contributed by atoms with van der Waals surface area (Å²) in [4.78, 5) is 0. The van der Waals surface area contributed by atoms with E-state index in [1.165, 1.54) is 0 Å². The largest absolute Gasteiger partial charge is 0.397 e. The van der Waals surface area contributed by atoms with Crippen molar-refractivity contribution in [3.05, 3.63) is 35.9 Å². The van der Waals surface area contributed by atoms with Crippen LogP contribution in [0.5, 0.6) is 0 Å². The van der Waals surface area contributed by atoms with Crippen molar-refractivity contribution in [2.45, 2.75) is 25.8 Å². The van der Waals surface area contributed by atoms with Gasteiger partial charge >= 0.3 is 0 Å². The zero-order valence-corrected chi connectivity index (χ0v) is 8.46. The standard InChI is InChI=1S/C12H16N2/c1-9-5-4-8-11(12(9)13)14-10-6-2-3-7-10/h2-5,8,10,14H,6-7,13H2,1H3. The molecular formula is C12H16N2. The number of benzene rings is 1. The molecule has 0 saturated carbocycles. The van der Waals surface area contributed by atoms with Gasteiger partial charge in [-0.15, -0.1) is 0 Å². The number of aryl methyl sites for hydroxylation is 1. The van der Waals surface area contributed by atoms with Gasteiger partial charge in [-0.05, 0) is 31.4 Å². The highest BCUT2D eigenvalue weighted by Crippen LogP contribution is 2.25. The second-order valence-corrected chi connectivity index (χ2v) is 3.82. The van der Waals surface area contributed by atoms with Crippen molar-refractivity contribution in [3.8, 4) is 0 Å². The second kappa shape index (κ2) is 3.74. The third-order valence-electron chi connectivity index (χ3n) is 2.69. The van der Waals surface area contributed by atoms with E-state index in [0.29, 0.717) is 6.04 Å². The maximum atomic E-state index is 5.98. The number of nitrogens with one attached hydrogen (secondary N) is 1. The van der Waals surface area contributed by atoms with E-state index in [-0.39, 0.29) is 0 Å². The van der Waals surface area contributed by atoms with E-state index < -0.39 is 0 Å². The van der Waals surface area contributed by atoms with Gasteiger partial charge in [-0.3, -0.25) is 0 Å². The quantitative estimate of drug-likeness (QED) is 0.553. The maximum absolute atomic E-state index is 5.98. The molecule has 14 heavy (non-hydrogen) atoms. The highest BCUT2D eigenvalue weighted by Gasteiger charge is 2.11. The fourth-order valence-electron chi connectivity index (χ4n) is 1.76. The summed E-state index contributed by atoms with van der Waals surface area (Å²) < 4.78 is 0. The molecule has 1 aromatic carbocycles. The lowest BCUT2D eigenvalue weighted by atomic mass is 10.1. The van der Waals surface area contributed by atoms with Gasteiger partial charge in [0.25, 0.3) is 0 Å². The number of para-hydroxylation sites is 1. The number of rotatable bonds is 2. The van der Waals surface area contributed by atoms with Crippen molar-refractivity contribution >= 4 is 11.4 Å². The fraction of sp³-hybridized carbons (Fsp3) is 0.333. The lowest BCUT2D eigenvalue weighted by Gasteiger charge is -2.16. The highest BCUT2D eigenvalue weighted by molar-refractivity contribution is 5.69. The summed E-state index contributed by atoms with van der Waals surface area (Å²) in [5.41, 5.74) is 9.06. The van der Waals surface area contributed by atoms with Crippen LogP contribution in [0.1, 0.15) is 18.4 Å². The van der Waals surface area contributed by atoms with Crippen LogP contribution in [0.3, 0.4) is 0 Å². The minimum atomic E-state index is 0.527. The Balaban J connectivity index is 2.12. The van der Waals surface area contributed by atoms with Crippen LogP contribution >= 0.6 is 0 Å². The molecule has 0 atom stereocenters. The van der Waals surface area contributed by atoms with Crippen molar-refractivity contribution in [1.29, 1.82) is 0 Å². The van der Waals surface area contributed by atoms with Gasteiger partial charge in [0.2, 0.25) is 0 Å². The summed E-state index contributed by atoms with van der Waals surface area (Å²) in [6, 6.07) is 6.64. The molecular weight excluding hydrogens is 172 g/mol. The van der Waals surface area contributed by atoms with Crippen molar-refractivity contribution < 1.29 is 0 Å². The monoisotopic (exact) mass is 188 g/mol. The van der Waals surface area contributed by atoms with Crippen LogP contribution in [0.25, 0.3) is 0 Å². The van der Waals surface area contributed by atoms with Crippen LogP contribution in [-0.2, 0) is 0 Å². The van der Waals surface area contributed by atoms with E-state index in [0.717, 1.165) is 29.8 Å². The van der Waals surface area contributed by atoms with Crippen LogP contribution in [-0.4, -0.2) is 6.04 Å². The van der Waals surface area contributed by atoms with Crippen LogP contribution in [0.4, 0.5) is 11.4 Å². The molecule has 0 amide bonds. The Morgan fingerprint density at radius 2 is 2.00 bits per heavy atom. The Morgan fingerprint density at radius 3 is 2.71 bits per heavy atom. The van der Waals surface area contributed by atoms with E-state index in [2.05, 4.69) is 17.5 Å². The zero-order chi connectivity index (χ0) is 9.97. The number of hydrogen-bond acceptors (Lipinski definition) is 2. The molecule has 0 radical (unpaired) electrons. The van der Waals surface area contributed by atoms with Gasteiger partial charge in [-0.25, -0.2) is 0 Å². The third-order valence-corrected chi connectivity index (χ3v) is 2.69. The molecule has 0 saturated heterocycles. The van der Waals surface area contributed by atoms with Crippen molar-refractivity contribution in [3.63, 3.8) is 0 Å². The summed E-state index contributed by atoms with van der Waals surface area (Å²) in [5, 5.41) is 3.46. The lowest BCUT2D eigenvalue weighted by Crippen LogP contribution is -2.16. The zero-order valence-electron chi connectivity index (χ0n) is 8.46. The first-order valence-corrected chi connectivity index (χ1v) is 5.04. The summed E-state index contributed by atoms with van der Waals surface area (Å²) in [5.74, 6) is 0. The van der Waals surface area contributed by atoms with Gasteiger partial charge in [0, 0.05) is 6.04 Å². The molecule has 0 aromatic heterocycles. The van der Waals surface area contributed by atoms with Crippen LogP contribution in [0.15, 0.2) is 30.4 Å². The first-order valence-electron chi connectivity index (χ1n) is 5.04. The first-order chi connectivity index (χ1) is 6.77. The van der Waals surface area contributed by atoms with Crippen LogP contribution < -0.4 is 11.1 Å². The minimum absolute atomic E-state index is 0.527. The smallest absolute Gasteiger partial charge is 0.0579 e. The maximum Gasteiger partial charge on any atom is 0.0579 e. The van der Waals surface area contributed by atoms with E-state index in [1.807, 2.05) is 25.1 Å². The molecule has 0 fully saturated rings. The predicted molar refractivity (Wildman–Crippen MR) is 61.4 cm³/mol. The molecule has 74 valence electrons. The van der Waals surface area contributed by atoms with Gasteiger partial charge in [-0.1, -0.05) is 24.3 Å². The molecule has 3 N–H and O–H groups in total. The number of nitrogens with two attached hydrogens (primary N) is 1. The average molecular weight is 188 g/mol. The molecule has 0 unspecified atom stereocenters. The van der Waals surface area contributed by atoms with Crippen molar-refractivity contribution in [2.75, 3.05) is 11.1 Å². The highest BCUT2D eigenvalue weighted by atomic mass is 14.9. The number of anilines is 2. The molecule has 2 rings (SSSR count). The molecule has 0 bridgehead atoms. The molecule has 1 aliphatic rings. The van der Waals surface area contributed by atoms with Gasteiger partial charge in [0.1, 0.15) is 0 Å². The minimum Gasteiger partial charge on any atom is -0.397 e. The Labute approximate surface area is 84.8 Å². The topological polar surface area (TPSA) is 38.0 Å². The van der Waals surface area contributed by atoms with Crippen molar-refractivity contribution in [1.82, 2.24) is 0 Å². The number of hydrogen-bond donors (Lipinski definition) is 2. The predicted octanol–water partition coefficient (Wildman–Crippen LogP) is 2.71. The Kier molecular flexibility index (Phi) is 2.44. The fourth-order valence-corrected chi connectivity index (χ4v) is 1.76. The van der Waals surface area contributed by atoms with Crippen LogP contribution in [0.2, 0.25) is 0 Å². The van der Waals surface area contributed by atoms with Gasteiger partial charge in [0.15, 0.2) is 0 Å². The number of nitrogen functional groups attached to an aromatic ring is 1. The normalized spacial score (nSPS) is 16.1. The summed E-state index contributed by atoms with van der Waals surface area (Å²) >= 11 is 0. The van der Waals surface area contributed by atoms with E-state index in [4.69, 9.17) is 5.73 Å². The lowest BCUT2D eigenvalue weighted by molar-refractivity contribution is 0.787. The molecule has 2 nitrogen and oxygen atoms in total. The molecule has 0 spiro atoms. The first kappa shape index (κ1) is 9.13. The Hall–Kier alpha value is -1.44. The summed E-state index contributed by atoms with van der Waals surface area (Å²) in [6.45, 7) is 2.04. The van der Waals surface area contributed by atoms with E-state index in [9.17, 15) is 0 Å².